The van der Waals surface area contributed by atoms with Crippen LogP contribution in [0.15, 0.2) is 47.2 Å². The third-order valence-corrected chi connectivity index (χ3v) is 3.09. The highest BCUT2D eigenvalue weighted by molar-refractivity contribution is 9.10. The summed E-state index contributed by atoms with van der Waals surface area (Å²) < 4.78 is 0.632. The standard InChI is InChI=1S/C13H10BrN3O3/c14-12-6-5-10(8-15-12)13(18)16-7-9-3-1-2-4-11(9)17(19)20/h1-6,8H,7H2,(H,16,18). The average molecular weight is 336 g/mol. The minimum Gasteiger partial charge on any atom is -0.348 e. The van der Waals surface area contributed by atoms with Gasteiger partial charge in [0.05, 0.1) is 10.5 Å². The number of carbonyl (C=O) groups is 1. The minimum absolute atomic E-state index is 0.0123. The number of halogens is 1. The first-order valence-corrected chi connectivity index (χ1v) is 6.49. The molecule has 0 saturated carbocycles. The van der Waals surface area contributed by atoms with Gasteiger partial charge in [-0.15, -0.1) is 0 Å². The molecular formula is C13H10BrN3O3. The smallest absolute Gasteiger partial charge is 0.274 e. The third kappa shape index (κ3) is 3.39. The molecule has 0 aliphatic carbocycles. The van der Waals surface area contributed by atoms with E-state index >= 15 is 0 Å². The maximum absolute atomic E-state index is 11.9. The molecule has 0 saturated heterocycles. The zero-order valence-corrected chi connectivity index (χ0v) is 11.8. The summed E-state index contributed by atoms with van der Waals surface area (Å²) in [6, 6.07) is 9.56. The van der Waals surface area contributed by atoms with Crippen molar-refractivity contribution in [3.05, 3.63) is 68.4 Å². The van der Waals surface area contributed by atoms with Crippen molar-refractivity contribution < 1.29 is 9.72 Å². The van der Waals surface area contributed by atoms with Crippen molar-refractivity contribution in [2.75, 3.05) is 0 Å². The van der Waals surface area contributed by atoms with Crippen LogP contribution in [0.3, 0.4) is 0 Å². The van der Waals surface area contributed by atoms with E-state index in [9.17, 15) is 14.9 Å². The lowest BCUT2D eigenvalue weighted by Crippen LogP contribution is -2.23. The van der Waals surface area contributed by atoms with Crippen molar-refractivity contribution in [2.24, 2.45) is 0 Å². The molecule has 0 fully saturated rings. The third-order valence-electron chi connectivity index (χ3n) is 2.62. The van der Waals surface area contributed by atoms with Crippen molar-refractivity contribution in [3.63, 3.8) is 0 Å². The number of nitro benzene ring substituents is 1. The average Bonchev–Trinajstić information content (AvgIpc) is 2.45. The lowest BCUT2D eigenvalue weighted by molar-refractivity contribution is -0.385. The predicted octanol–water partition coefficient (Wildman–Crippen LogP) is 2.68. The van der Waals surface area contributed by atoms with Crippen LogP contribution in [-0.4, -0.2) is 15.8 Å². The summed E-state index contributed by atoms with van der Waals surface area (Å²) in [6.45, 7) is 0.0893. The molecule has 1 aromatic carbocycles. The van der Waals surface area contributed by atoms with Crippen LogP contribution in [-0.2, 0) is 6.54 Å². The second kappa shape index (κ2) is 6.25. The zero-order valence-electron chi connectivity index (χ0n) is 10.2. The Morgan fingerprint density at radius 2 is 2.05 bits per heavy atom. The Balaban J connectivity index is 2.07. The number of aromatic nitrogens is 1. The van der Waals surface area contributed by atoms with E-state index in [1.54, 1.807) is 30.3 Å². The summed E-state index contributed by atoms with van der Waals surface area (Å²) in [5, 5.41) is 13.5. The summed E-state index contributed by atoms with van der Waals surface area (Å²) in [5.74, 6) is -0.330. The normalized spacial score (nSPS) is 10.1. The summed E-state index contributed by atoms with van der Waals surface area (Å²) in [7, 11) is 0. The van der Waals surface area contributed by atoms with E-state index in [-0.39, 0.29) is 18.1 Å². The van der Waals surface area contributed by atoms with Gasteiger partial charge in [-0.1, -0.05) is 18.2 Å². The number of nitrogens with zero attached hydrogens (tertiary/aromatic N) is 2. The quantitative estimate of drug-likeness (QED) is 0.528. The van der Waals surface area contributed by atoms with E-state index in [4.69, 9.17) is 0 Å². The summed E-state index contributed by atoms with van der Waals surface area (Å²) in [5.41, 5.74) is 0.837. The highest BCUT2D eigenvalue weighted by atomic mass is 79.9. The van der Waals surface area contributed by atoms with E-state index in [1.165, 1.54) is 12.3 Å². The largest absolute Gasteiger partial charge is 0.348 e. The first kappa shape index (κ1) is 14.1. The molecule has 0 unspecified atom stereocenters. The molecule has 1 amide bonds. The molecule has 0 aliphatic rings. The van der Waals surface area contributed by atoms with E-state index < -0.39 is 4.92 Å². The predicted molar refractivity (Wildman–Crippen MR) is 76.2 cm³/mol. The fraction of sp³-hybridized carbons (Fsp3) is 0.0769. The molecule has 0 radical (unpaired) electrons. The second-order valence-corrected chi connectivity index (χ2v) is 4.75. The molecule has 0 atom stereocenters. The second-order valence-electron chi connectivity index (χ2n) is 3.94. The Morgan fingerprint density at radius 1 is 1.30 bits per heavy atom. The van der Waals surface area contributed by atoms with Gasteiger partial charge in [-0.25, -0.2) is 4.98 Å². The minimum atomic E-state index is -0.470. The molecule has 1 aromatic heterocycles. The molecule has 2 rings (SSSR count). The van der Waals surface area contributed by atoms with Crippen LogP contribution in [0.2, 0.25) is 0 Å². The number of amides is 1. The Bertz CT molecular complexity index is 644. The van der Waals surface area contributed by atoms with Gasteiger partial charge in [-0.05, 0) is 28.1 Å². The summed E-state index contributed by atoms with van der Waals surface area (Å²) >= 11 is 3.18. The van der Waals surface area contributed by atoms with Crippen molar-refractivity contribution >= 4 is 27.5 Å². The van der Waals surface area contributed by atoms with E-state index in [1.807, 2.05) is 0 Å². The van der Waals surface area contributed by atoms with Crippen molar-refractivity contribution in [3.8, 4) is 0 Å². The molecular weight excluding hydrogens is 326 g/mol. The van der Waals surface area contributed by atoms with E-state index in [0.717, 1.165) is 0 Å². The number of rotatable bonds is 4. The van der Waals surface area contributed by atoms with Gasteiger partial charge in [0.25, 0.3) is 11.6 Å². The molecule has 0 spiro atoms. The topological polar surface area (TPSA) is 85.1 Å². The highest BCUT2D eigenvalue weighted by Crippen LogP contribution is 2.17. The number of pyridine rings is 1. The zero-order chi connectivity index (χ0) is 14.5. The molecule has 2 aromatic rings. The molecule has 1 heterocycles. The SMILES string of the molecule is O=C(NCc1ccccc1[N+](=O)[O-])c1ccc(Br)nc1. The first-order chi connectivity index (χ1) is 9.58. The molecule has 0 aliphatic heterocycles. The Morgan fingerprint density at radius 3 is 2.70 bits per heavy atom. The molecule has 6 nitrogen and oxygen atoms in total. The van der Waals surface area contributed by atoms with Crippen LogP contribution in [0.1, 0.15) is 15.9 Å². The first-order valence-electron chi connectivity index (χ1n) is 5.70. The van der Waals surface area contributed by atoms with Crippen LogP contribution in [0.4, 0.5) is 5.69 Å². The lowest BCUT2D eigenvalue weighted by Gasteiger charge is -2.05. The maximum Gasteiger partial charge on any atom is 0.274 e. The number of nitrogens with one attached hydrogen (secondary N) is 1. The van der Waals surface area contributed by atoms with Gasteiger partial charge in [0.2, 0.25) is 0 Å². The molecule has 102 valence electrons. The van der Waals surface area contributed by atoms with Crippen LogP contribution in [0, 0.1) is 10.1 Å². The van der Waals surface area contributed by atoms with E-state index in [0.29, 0.717) is 15.7 Å². The number of benzene rings is 1. The highest BCUT2D eigenvalue weighted by Gasteiger charge is 2.13. The van der Waals surface area contributed by atoms with Gasteiger partial charge in [0, 0.05) is 24.4 Å². The van der Waals surface area contributed by atoms with Crippen LogP contribution < -0.4 is 5.32 Å². The Labute approximate surface area is 123 Å². The molecule has 0 bridgehead atoms. The molecule has 1 N–H and O–H groups in total. The number of nitro groups is 1. The van der Waals surface area contributed by atoms with Gasteiger partial charge in [-0.2, -0.15) is 0 Å². The fourth-order valence-corrected chi connectivity index (χ4v) is 1.86. The van der Waals surface area contributed by atoms with Gasteiger partial charge in [0.1, 0.15) is 4.60 Å². The fourth-order valence-electron chi connectivity index (χ4n) is 1.63. The number of para-hydroxylation sites is 1. The number of hydrogen-bond donors (Lipinski definition) is 1. The van der Waals surface area contributed by atoms with Crippen LogP contribution >= 0.6 is 15.9 Å². The number of carbonyl (C=O) groups excluding carboxylic acids is 1. The summed E-state index contributed by atoms with van der Waals surface area (Å²) in [6.07, 6.45) is 1.43. The van der Waals surface area contributed by atoms with Gasteiger partial charge >= 0.3 is 0 Å². The monoisotopic (exact) mass is 335 g/mol. The van der Waals surface area contributed by atoms with Crippen molar-refractivity contribution in [1.82, 2.24) is 10.3 Å². The van der Waals surface area contributed by atoms with Crippen molar-refractivity contribution in [2.45, 2.75) is 6.54 Å². The van der Waals surface area contributed by atoms with Gasteiger partial charge in [0.15, 0.2) is 0 Å². The van der Waals surface area contributed by atoms with Crippen LogP contribution in [0.25, 0.3) is 0 Å². The lowest BCUT2D eigenvalue weighted by atomic mass is 10.1. The molecule has 20 heavy (non-hydrogen) atoms. The van der Waals surface area contributed by atoms with Crippen molar-refractivity contribution in [1.29, 1.82) is 0 Å². The Hall–Kier alpha value is -2.28. The van der Waals surface area contributed by atoms with Gasteiger partial charge < -0.3 is 5.32 Å². The number of hydrogen-bond acceptors (Lipinski definition) is 4. The Kier molecular flexibility index (Phi) is 4.41. The van der Waals surface area contributed by atoms with Crippen LogP contribution in [0.5, 0.6) is 0 Å². The van der Waals surface area contributed by atoms with E-state index in [2.05, 4.69) is 26.2 Å². The summed E-state index contributed by atoms with van der Waals surface area (Å²) in [4.78, 5) is 26.2. The molecule has 7 heteroatoms. The maximum atomic E-state index is 11.9. The van der Waals surface area contributed by atoms with Gasteiger partial charge in [-0.3, -0.25) is 14.9 Å².